The van der Waals surface area contributed by atoms with Crippen LogP contribution in [-0.4, -0.2) is 66.4 Å². The average molecular weight is 650 g/mol. The van der Waals surface area contributed by atoms with Gasteiger partial charge in [-0.25, -0.2) is 0 Å². The van der Waals surface area contributed by atoms with Crippen molar-refractivity contribution < 1.29 is 28.7 Å². The molecule has 256 valence electrons. The highest BCUT2D eigenvalue weighted by Gasteiger charge is 2.36. The fraction of sp³-hybridized carbons (Fsp3) is 0.528. The van der Waals surface area contributed by atoms with Crippen LogP contribution in [0.5, 0.6) is 0 Å². The Bertz CT molecular complexity index is 1330. The zero-order valence-electron chi connectivity index (χ0n) is 28.4. The van der Waals surface area contributed by atoms with Gasteiger partial charge in [-0.2, -0.15) is 0 Å². The van der Waals surface area contributed by atoms with Crippen LogP contribution in [0.15, 0.2) is 60.7 Å². The molecule has 5 N–H and O–H groups in total. The van der Waals surface area contributed by atoms with Gasteiger partial charge in [0, 0.05) is 6.42 Å². The van der Waals surface area contributed by atoms with Gasteiger partial charge in [0.05, 0.1) is 13.2 Å². The van der Waals surface area contributed by atoms with Crippen molar-refractivity contribution in [3.05, 3.63) is 71.8 Å². The van der Waals surface area contributed by atoms with Crippen molar-refractivity contribution in [2.45, 2.75) is 97.6 Å². The van der Waals surface area contributed by atoms with Gasteiger partial charge in [0.15, 0.2) is 0 Å². The topological polar surface area (TPSA) is 155 Å². The normalized spacial score (nSPS) is 23.3. The highest BCUT2D eigenvalue weighted by molar-refractivity contribution is 5.98. The molecule has 47 heavy (non-hydrogen) atoms. The Kier molecular flexibility index (Phi) is 14.4. The zero-order valence-corrected chi connectivity index (χ0v) is 28.4. The Labute approximate surface area is 278 Å². The summed E-state index contributed by atoms with van der Waals surface area (Å²) in [7, 11) is 0. The first-order valence-electron chi connectivity index (χ1n) is 16.5. The number of carbonyl (C=O) groups is 5. The van der Waals surface area contributed by atoms with Crippen molar-refractivity contribution in [1.29, 1.82) is 0 Å². The number of hydrogen-bond donors (Lipinski definition) is 5. The molecule has 1 aliphatic rings. The monoisotopic (exact) mass is 649 g/mol. The Morgan fingerprint density at radius 2 is 0.957 bits per heavy atom. The summed E-state index contributed by atoms with van der Waals surface area (Å²) in [5, 5.41) is 14.1. The number of amides is 5. The van der Waals surface area contributed by atoms with Crippen LogP contribution in [0.25, 0.3) is 0 Å². The van der Waals surface area contributed by atoms with Gasteiger partial charge >= 0.3 is 0 Å². The van der Waals surface area contributed by atoms with Gasteiger partial charge in [0.1, 0.15) is 30.2 Å². The Balaban J connectivity index is 2.02. The summed E-state index contributed by atoms with van der Waals surface area (Å²) in [5.74, 6) is -3.06. The molecule has 1 heterocycles. The van der Waals surface area contributed by atoms with Crippen LogP contribution in [-0.2, 0) is 41.7 Å². The number of hydrogen-bond acceptors (Lipinski definition) is 6. The van der Waals surface area contributed by atoms with Gasteiger partial charge in [-0.05, 0) is 41.7 Å². The van der Waals surface area contributed by atoms with E-state index in [1.54, 1.807) is 13.8 Å². The van der Waals surface area contributed by atoms with Crippen LogP contribution >= 0.6 is 0 Å². The van der Waals surface area contributed by atoms with Crippen LogP contribution in [0.1, 0.15) is 65.5 Å². The second kappa shape index (κ2) is 18.2. The van der Waals surface area contributed by atoms with Crippen LogP contribution in [0.4, 0.5) is 0 Å². The molecule has 0 saturated carbocycles. The lowest BCUT2D eigenvalue weighted by Gasteiger charge is -2.28. The summed E-state index contributed by atoms with van der Waals surface area (Å²) in [6.07, 6.45) is 0.745. The minimum Gasteiger partial charge on any atom is -0.374 e. The molecule has 1 fully saturated rings. The van der Waals surface area contributed by atoms with E-state index in [2.05, 4.69) is 26.6 Å². The summed E-state index contributed by atoms with van der Waals surface area (Å²) < 4.78 is 5.89. The molecule has 5 atom stereocenters. The molecule has 11 heteroatoms. The third-order valence-electron chi connectivity index (χ3n) is 7.87. The molecule has 0 unspecified atom stereocenters. The highest BCUT2D eigenvalue weighted by Crippen LogP contribution is 2.13. The third-order valence-corrected chi connectivity index (χ3v) is 7.87. The number of benzene rings is 2. The SMILES string of the molecule is CC(C)C[C@@H]1NC(=O)[C@H](COCc2ccccc2)NC(=O)[C@@H](Cc2ccccc2)NC(=O)[C@@H](CC(C)C)NC(=O)[C@@H](C(C)C)NC1=O. The Morgan fingerprint density at radius 3 is 1.49 bits per heavy atom. The third kappa shape index (κ3) is 12.1. The van der Waals surface area contributed by atoms with Crippen molar-refractivity contribution in [2.75, 3.05) is 6.61 Å². The van der Waals surface area contributed by atoms with E-state index in [4.69, 9.17) is 4.74 Å². The average Bonchev–Trinajstić information content (AvgIpc) is 3.01. The smallest absolute Gasteiger partial charge is 0.245 e. The van der Waals surface area contributed by atoms with Crippen molar-refractivity contribution in [3.63, 3.8) is 0 Å². The van der Waals surface area contributed by atoms with Crippen molar-refractivity contribution in [3.8, 4) is 0 Å². The fourth-order valence-electron chi connectivity index (χ4n) is 5.38. The largest absolute Gasteiger partial charge is 0.374 e. The van der Waals surface area contributed by atoms with E-state index in [-0.39, 0.29) is 37.4 Å². The second-order valence-electron chi connectivity index (χ2n) is 13.4. The molecule has 2 aromatic rings. The second-order valence-corrected chi connectivity index (χ2v) is 13.4. The lowest BCUT2D eigenvalue weighted by atomic mass is 9.98. The van der Waals surface area contributed by atoms with Gasteiger partial charge in [0.2, 0.25) is 29.5 Å². The van der Waals surface area contributed by atoms with Gasteiger partial charge in [0.25, 0.3) is 0 Å². The summed E-state index contributed by atoms with van der Waals surface area (Å²) in [6.45, 7) is 11.3. The zero-order chi connectivity index (χ0) is 34.5. The minimum atomic E-state index is -1.18. The summed E-state index contributed by atoms with van der Waals surface area (Å²) >= 11 is 0. The number of nitrogens with one attached hydrogen (secondary N) is 5. The lowest BCUT2D eigenvalue weighted by Crippen LogP contribution is -2.59. The molecule has 1 aliphatic heterocycles. The number of carbonyl (C=O) groups excluding carboxylic acids is 5. The Hall–Kier alpha value is -4.25. The molecule has 11 nitrogen and oxygen atoms in total. The molecule has 0 spiro atoms. The van der Waals surface area contributed by atoms with E-state index in [9.17, 15) is 24.0 Å². The van der Waals surface area contributed by atoms with Crippen LogP contribution in [0.3, 0.4) is 0 Å². The highest BCUT2D eigenvalue weighted by atomic mass is 16.5. The van der Waals surface area contributed by atoms with Gasteiger partial charge < -0.3 is 31.3 Å². The quantitative estimate of drug-likeness (QED) is 0.252. The van der Waals surface area contributed by atoms with Crippen molar-refractivity contribution in [2.24, 2.45) is 17.8 Å². The van der Waals surface area contributed by atoms with Gasteiger partial charge in [-0.15, -0.1) is 0 Å². The fourth-order valence-corrected chi connectivity index (χ4v) is 5.38. The molecule has 5 amide bonds. The standard InChI is InChI=1S/C36H51N5O6/c1-22(2)17-27-32(42)38-29(19-25-13-9-7-10-14-25)33(43)40-30(21-47-20-26-15-11-8-12-16-26)35(45)37-28(18-23(3)4)34(44)41-31(24(5)6)36(46)39-27/h7-16,22-24,27-31H,17-21H2,1-6H3,(H,37,45)(H,38,42)(H,39,46)(H,40,43)(H,41,44)/t27-,28+,29-,30+,31-/m1/s1. The van der Waals surface area contributed by atoms with E-state index in [1.165, 1.54) is 0 Å². The van der Waals surface area contributed by atoms with Crippen molar-refractivity contribution >= 4 is 29.5 Å². The first kappa shape index (κ1) is 37.2. The molecule has 2 aromatic carbocycles. The van der Waals surface area contributed by atoms with E-state index in [0.29, 0.717) is 12.8 Å². The van der Waals surface area contributed by atoms with Gasteiger partial charge in [-0.1, -0.05) is 102 Å². The van der Waals surface area contributed by atoms with Gasteiger partial charge in [-0.3, -0.25) is 24.0 Å². The van der Waals surface area contributed by atoms with E-state index in [1.807, 2.05) is 88.4 Å². The Morgan fingerprint density at radius 1 is 0.532 bits per heavy atom. The first-order valence-corrected chi connectivity index (χ1v) is 16.5. The molecule has 3 rings (SSSR count). The first-order chi connectivity index (χ1) is 22.3. The van der Waals surface area contributed by atoms with E-state index >= 15 is 0 Å². The van der Waals surface area contributed by atoms with Crippen LogP contribution in [0, 0.1) is 17.8 Å². The summed E-state index contributed by atoms with van der Waals surface area (Å²) in [6, 6.07) is 13.5. The van der Waals surface area contributed by atoms with Crippen LogP contribution < -0.4 is 26.6 Å². The minimum absolute atomic E-state index is 0.0225. The van der Waals surface area contributed by atoms with Crippen molar-refractivity contribution in [1.82, 2.24) is 26.6 Å². The maximum Gasteiger partial charge on any atom is 0.245 e. The molecule has 0 bridgehead atoms. The predicted octanol–water partition coefficient (Wildman–Crippen LogP) is 2.63. The van der Waals surface area contributed by atoms with E-state index in [0.717, 1.165) is 11.1 Å². The molecule has 1 saturated heterocycles. The molecule has 0 aromatic heterocycles. The molecule has 0 radical (unpaired) electrons. The summed E-state index contributed by atoms with van der Waals surface area (Å²) in [4.78, 5) is 68.7. The molecule has 0 aliphatic carbocycles. The number of rotatable bonds is 11. The molecular formula is C36H51N5O6. The number of ether oxygens (including phenoxy) is 1. The maximum atomic E-state index is 13.9. The predicted molar refractivity (Wildman–Crippen MR) is 180 cm³/mol. The van der Waals surface area contributed by atoms with E-state index < -0.39 is 59.7 Å². The maximum absolute atomic E-state index is 13.9. The summed E-state index contributed by atoms with van der Waals surface area (Å²) in [5.41, 5.74) is 1.68. The van der Waals surface area contributed by atoms with Crippen LogP contribution in [0.2, 0.25) is 0 Å². The molecular weight excluding hydrogens is 598 g/mol. The lowest BCUT2D eigenvalue weighted by molar-refractivity contribution is -0.135.